The maximum Gasteiger partial charge on any atom is 0.318 e. The monoisotopic (exact) mass is 481 g/mol. The standard InChI is InChI=1S/C22H23ClF3N5O2/c23-13-9-12(1-2-14(13)24)17-16(18(27)32)15-10-30(7-8-31(15)29-17)20(33)28-22-5-3-21(11-22,4-6-22)19(25)26/h1-2,9,19H,3-8,10-11H2,(H2,27,32)(H,28,33). The highest BCUT2D eigenvalue weighted by Gasteiger charge is 2.59. The second kappa shape index (κ2) is 7.65. The van der Waals surface area contributed by atoms with Crippen molar-refractivity contribution in [3.8, 4) is 11.3 Å². The van der Waals surface area contributed by atoms with E-state index >= 15 is 0 Å². The van der Waals surface area contributed by atoms with Crippen LogP contribution in [-0.4, -0.2) is 45.1 Å². The number of primary amides is 1. The second-order valence-corrected chi connectivity index (χ2v) is 9.77. The number of nitrogens with one attached hydrogen (secondary N) is 1. The molecule has 2 heterocycles. The summed E-state index contributed by atoms with van der Waals surface area (Å²) in [5.41, 5.74) is 5.38. The van der Waals surface area contributed by atoms with Crippen LogP contribution in [0.1, 0.15) is 48.2 Å². The molecular weight excluding hydrogens is 459 g/mol. The van der Waals surface area contributed by atoms with E-state index in [9.17, 15) is 22.8 Å². The number of urea groups is 1. The van der Waals surface area contributed by atoms with E-state index in [0.717, 1.165) is 0 Å². The van der Waals surface area contributed by atoms with Gasteiger partial charge in [0.15, 0.2) is 0 Å². The number of nitrogens with two attached hydrogens (primary N) is 1. The summed E-state index contributed by atoms with van der Waals surface area (Å²) in [6.45, 7) is 0.742. The first-order valence-corrected chi connectivity index (χ1v) is 11.2. The molecule has 2 fully saturated rings. The third-order valence-electron chi connectivity index (χ3n) is 7.44. The van der Waals surface area contributed by atoms with E-state index in [2.05, 4.69) is 10.4 Å². The van der Waals surface area contributed by atoms with E-state index in [1.165, 1.54) is 18.2 Å². The van der Waals surface area contributed by atoms with E-state index in [0.29, 0.717) is 50.0 Å². The Morgan fingerprint density at radius 1 is 1.18 bits per heavy atom. The minimum absolute atomic E-state index is 0.0854. The van der Waals surface area contributed by atoms with Crippen LogP contribution in [0.2, 0.25) is 5.02 Å². The molecule has 5 rings (SSSR count). The predicted octanol–water partition coefficient (Wildman–Crippen LogP) is 3.93. The number of carbonyl (C=O) groups excluding carboxylic acids is 2. The van der Waals surface area contributed by atoms with Crippen LogP contribution in [0.15, 0.2) is 18.2 Å². The number of hydrogen-bond acceptors (Lipinski definition) is 3. The zero-order valence-corrected chi connectivity index (χ0v) is 18.5. The molecule has 0 spiro atoms. The lowest BCUT2D eigenvalue weighted by Gasteiger charge is -2.34. The number of alkyl halides is 2. The minimum atomic E-state index is -2.39. The molecule has 0 unspecified atom stereocenters. The molecule has 0 saturated heterocycles. The molecule has 2 aliphatic carbocycles. The lowest BCUT2D eigenvalue weighted by molar-refractivity contribution is 0.00161. The molecule has 0 atom stereocenters. The van der Waals surface area contributed by atoms with Crippen molar-refractivity contribution in [2.75, 3.05) is 6.54 Å². The molecule has 2 saturated carbocycles. The van der Waals surface area contributed by atoms with Crippen molar-refractivity contribution in [1.29, 1.82) is 0 Å². The van der Waals surface area contributed by atoms with Crippen LogP contribution < -0.4 is 11.1 Å². The Morgan fingerprint density at radius 2 is 1.91 bits per heavy atom. The first kappa shape index (κ1) is 22.1. The van der Waals surface area contributed by atoms with Gasteiger partial charge in [0, 0.05) is 23.1 Å². The van der Waals surface area contributed by atoms with Crippen molar-refractivity contribution >= 4 is 23.5 Å². The Balaban J connectivity index is 1.39. The number of aromatic nitrogens is 2. The molecule has 7 nitrogen and oxygen atoms in total. The number of carbonyl (C=O) groups is 2. The van der Waals surface area contributed by atoms with Gasteiger partial charge in [-0.15, -0.1) is 0 Å². The van der Waals surface area contributed by atoms with Crippen LogP contribution in [0.25, 0.3) is 11.3 Å². The van der Waals surface area contributed by atoms with Gasteiger partial charge in [-0.1, -0.05) is 11.6 Å². The van der Waals surface area contributed by atoms with Crippen LogP contribution in [-0.2, 0) is 13.1 Å². The molecule has 0 radical (unpaired) electrons. The van der Waals surface area contributed by atoms with Crippen molar-refractivity contribution in [3.63, 3.8) is 0 Å². The SMILES string of the molecule is NC(=O)c1c(-c2ccc(F)c(Cl)c2)nn2c1CN(C(=O)NC13CCC(C(F)F)(CC1)C3)CC2. The number of benzene rings is 1. The maximum atomic E-state index is 13.6. The van der Waals surface area contributed by atoms with Crippen LogP contribution in [0.4, 0.5) is 18.0 Å². The van der Waals surface area contributed by atoms with Gasteiger partial charge in [0.25, 0.3) is 5.91 Å². The third-order valence-corrected chi connectivity index (χ3v) is 7.72. The van der Waals surface area contributed by atoms with Crippen LogP contribution in [0.3, 0.4) is 0 Å². The second-order valence-electron chi connectivity index (χ2n) is 9.36. The summed E-state index contributed by atoms with van der Waals surface area (Å²) in [6, 6.07) is 3.66. The van der Waals surface area contributed by atoms with Gasteiger partial charge in [-0.2, -0.15) is 5.10 Å². The molecule has 2 bridgehead atoms. The highest BCUT2D eigenvalue weighted by molar-refractivity contribution is 6.31. The van der Waals surface area contributed by atoms with Gasteiger partial charge in [0.2, 0.25) is 6.43 Å². The molecule has 1 aromatic carbocycles. The molecule has 3 N–H and O–H groups in total. The Morgan fingerprint density at radius 3 is 2.52 bits per heavy atom. The van der Waals surface area contributed by atoms with Crippen LogP contribution >= 0.6 is 11.6 Å². The van der Waals surface area contributed by atoms with Crippen molar-refractivity contribution in [1.82, 2.24) is 20.0 Å². The number of hydrogen-bond donors (Lipinski definition) is 2. The number of rotatable bonds is 4. The van der Waals surface area contributed by atoms with Crippen LogP contribution in [0, 0.1) is 11.2 Å². The Labute approximate surface area is 193 Å². The first-order chi connectivity index (χ1) is 15.6. The summed E-state index contributed by atoms with van der Waals surface area (Å²) in [6.07, 6.45) is -0.204. The maximum absolute atomic E-state index is 13.6. The fourth-order valence-corrected chi connectivity index (χ4v) is 5.80. The minimum Gasteiger partial charge on any atom is -0.365 e. The first-order valence-electron chi connectivity index (χ1n) is 10.8. The van der Waals surface area contributed by atoms with Crippen molar-refractivity contribution < 1.29 is 22.8 Å². The summed E-state index contributed by atoms with van der Waals surface area (Å²) < 4.78 is 42.3. The molecule has 33 heavy (non-hydrogen) atoms. The summed E-state index contributed by atoms with van der Waals surface area (Å²) >= 11 is 5.89. The van der Waals surface area contributed by atoms with Crippen molar-refractivity contribution in [2.45, 2.75) is 57.2 Å². The fraction of sp³-hybridized carbons (Fsp3) is 0.500. The zero-order chi connectivity index (χ0) is 23.5. The van der Waals surface area contributed by atoms with Gasteiger partial charge >= 0.3 is 6.03 Å². The average molecular weight is 482 g/mol. The molecule has 1 aliphatic heterocycles. The molecule has 1 aromatic heterocycles. The molecule has 3 amide bonds. The fourth-order valence-electron chi connectivity index (χ4n) is 5.62. The van der Waals surface area contributed by atoms with E-state index < -0.39 is 29.1 Å². The van der Waals surface area contributed by atoms with Gasteiger partial charge < -0.3 is 16.0 Å². The normalized spacial score (nSPS) is 26.0. The molecule has 11 heteroatoms. The summed E-state index contributed by atoms with van der Waals surface area (Å²) in [4.78, 5) is 26.9. The Hall–Kier alpha value is -2.75. The summed E-state index contributed by atoms with van der Waals surface area (Å²) in [7, 11) is 0. The Bertz CT molecular complexity index is 1140. The van der Waals surface area contributed by atoms with Gasteiger partial charge in [-0.25, -0.2) is 18.0 Å². The van der Waals surface area contributed by atoms with Crippen molar-refractivity contribution in [3.05, 3.63) is 40.3 Å². The van der Waals surface area contributed by atoms with Gasteiger partial charge in [-0.3, -0.25) is 9.48 Å². The highest BCUT2D eigenvalue weighted by atomic mass is 35.5. The van der Waals surface area contributed by atoms with E-state index in [1.807, 2.05) is 0 Å². The third kappa shape index (κ3) is 3.55. The van der Waals surface area contributed by atoms with Gasteiger partial charge in [-0.05, 0) is 50.3 Å². The summed E-state index contributed by atoms with van der Waals surface area (Å²) in [5.74, 6) is -1.32. The zero-order valence-electron chi connectivity index (χ0n) is 17.7. The molecule has 176 valence electrons. The quantitative estimate of drug-likeness (QED) is 0.692. The van der Waals surface area contributed by atoms with Gasteiger partial charge in [0.1, 0.15) is 11.5 Å². The van der Waals surface area contributed by atoms with Crippen LogP contribution in [0.5, 0.6) is 0 Å². The molecule has 3 aliphatic rings. The lowest BCUT2D eigenvalue weighted by Crippen LogP contribution is -2.52. The topological polar surface area (TPSA) is 93.2 Å². The smallest absolute Gasteiger partial charge is 0.318 e. The molecule has 2 aromatic rings. The highest BCUT2D eigenvalue weighted by Crippen LogP contribution is 2.59. The van der Waals surface area contributed by atoms with Crippen molar-refractivity contribution in [2.24, 2.45) is 11.1 Å². The average Bonchev–Trinajstić information content (AvgIpc) is 3.45. The number of fused-ring (bicyclic) bond motifs is 3. The Kier molecular flexibility index (Phi) is 5.11. The largest absolute Gasteiger partial charge is 0.365 e. The van der Waals surface area contributed by atoms with Gasteiger partial charge in [0.05, 0.1) is 29.4 Å². The number of halogens is 4. The lowest BCUT2D eigenvalue weighted by atomic mass is 9.84. The van der Waals surface area contributed by atoms with E-state index in [4.69, 9.17) is 17.3 Å². The number of amides is 3. The predicted molar refractivity (Wildman–Crippen MR) is 114 cm³/mol. The van der Waals surface area contributed by atoms with E-state index in [-0.39, 0.29) is 35.3 Å². The number of nitrogens with zero attached hydrogens (tertiary/aromatic N) is 3. The molecular formula is C22H23ClF3N5O2. The summed E-state index contributed by atoms with van der Waals surface area (Å²) in [5, 5.41) is 7.37. The van der Waals surface area contributed by atoms with E-state index in [1.54, 1.807) is 9.58 Å².